The first-order valence-corrected chi connectivity index (χ1v) is 7.08. The molecule has 0 aliphatic heterocycles. The summed E-state index contributed by atoms with van der Waals surface area (Å²) in [6.45, 7) is 1.90. The zero-order valence-corrected chi connectivity index (χ0v) is 12.0. The van der Waals surface area contributed by atoms with Gasteiger partial charge in [-0.2, -0.15) is 0 Å². The van der Waals surface area contributed by atoms with Crippen molar-refractivity contribution in [1.82, 2.24) is 5.32 Å². The van der Waals surface area contributed by atoms with Crippen LogP contribution in [0.3, 0.4) is 0 Å². The van der Waals surface area contributed by atoms with Crippen LogP contribution in [-0.2, 0) is 0 Å². The minimum atomic E-state index is -0.0129. The largest absolute Gasteiger partial charge is 0.348 e. The third-order valence-corrected chi connectivity index (χ3v) is 4.69. The molecule has 0 spiro atoms. The van der Waals surface area contributed by atoms with Crippen LogP contribution in [0.1, 0.15) is 35.2 Å². The molecule has 1 aromatic carbocycles. The Labute approximate surface area is 115 Å². The van der Waals surface area contributed by atoms with E-state index in [4.69, 9.17) is 11.6 Å². The molecule has 1 fully saturated rings. The summed E-state index contributed by atoms with van der Waals surface area (Å²) < 4.78 is 0. The molecule has 4 heteroatoms. The number of hydrogen-bond acceptors (Lipinski definition) is 1. The number of aryl methyl sites for hydroxylation is 1. The molecule has 0 aromatic heterocycles. The highest BCUT2D eigenvalue weighted by Gasteiger charge is 2.26. The van der Waals surface area contributed by atoms with E-state index in [-0.39, 0.29) is 11.9 Å². The Bertz CT molecular complexity index is 435. The van der Waals surface area contributed by atoms with Gasteiger partial charge in [-0.3, -0.25) is 4.79 Å². The average Bonchev–Trinajstić information content (AvgIpc) is 2.68. The fourth-order valence-corrected chi connectivity index (χ4v) is 2.95. The normalized spacial score (nSPS) is 23.7. The molecule has 2 nitrogen and oxygen atoms in total. The first kappa shape index (κ1) is 12.9. The lowest BCUT2D eigenvalue weighted by atomic mass is 10.1. The first-order valence-electron chi connectivity index (χ1n) is 5.79. The molecule has 17 heavy (non-hydrogen) atoms. The second kappa shape index (κ2) is 5.40. The van der Waals surface area contributed by atoms with Gasteiger partial charge in [0, 0.05) is 21.5 Å². The highest BCUT2D eigenvalue weighted by molar-refractivity contribution is 9.09. The van der Waals surface area contributed by atoms with E-state index in [0.717, 1.165) is 18.4 Å². The number of benzene rings is 1. The summed E-state index contributed by atoms with van der Waals surface area (Å²) >= 11 is 9.54. The molecule has 2 atom stereocenters. The smallest absolute Gasteiger partial charge is 0.251 e. The van der Waals surface area contributed by atoms with Gasteiger partial charge in [-0.25, -0.2) is 0 Å². The van der Waals surface area contributed by atoms with Crippen LogP contribution in [-0.4, -0.2) is 16.8 Å². The Hall–Kier alpha value is -0.540. The molecule has 1 aromatic rings. The van der Waals surface area contributed by atoms with E-state index in [1.807, 2.05) is 13.0 Å². The van der Waals surface area contributed by atoms with E-state index in [9.17, 15) is 4.79 Å². The van der Waals surface area contributed by atoms with Crippen LogP contribution >= 0.6 is 27.5 Å². The Morgan fingerprint density at radius 3 is 2.82 bits per heavy atom. The summed E-state index contributed by atoms with van der Waals surface area (Å²) in [4.78, 5) is 12.4. The van der Waals surface area contributed by atoms with E-state index in [2.05, 4.69) is 21.2 Å². The predicted molar refractivity (Wildman–Crippen MR) is 74.0 cm³/mol. The number of halogens is 2. The zero-order chi connectivity index (χ0) is 12.4. The van der Waals surface area contributed by atoms with Gasteiger partial charge in [-0.15, -0.1) is 0 Å². The fraction of sp³-hybridized carbons (Fsp3) is 0.462. The van der Waals surface area contributed by atoms with Crippen LogP contribution in [0.4, 0.5) is 0 Å². The summed E-state index contributed by atoms with van der Waals surface area (Å²) in [5.41, 5.74) is 1.61. The van der Waals surface area contributed by atoms with E-state index in [1.165, 1.54) is 6.42 Å². The maximum atomic E-state index is 12.0. The molecular formula is C13H15BrClNO. The topological polar surface area (TPSA) is 29.1 Å². The lowest BCUT2D eigenvalue weighted by molar-refractivity contribution is 0.0939. The van der Waals surface area contributed by atoms with Crippen LogP contribution in [0.5, 0.6) is 0 Å². The van der Waals surface area contributed by atoms with Crippen molar-refractivity contribution in [1.29, 1.82) is 0 Å². The number of nitrogens with one attached hydrogen (secondary N) is 1. The molecule has 1 saturated carbocycles. The number of carbonyl (C=O) groups excluding carboxylic acids is 1. The van der Waals surface area contributed by atoms with Crippen molar-refractivity contribution in [3.63, 3.8) is 0 Å². The van der Waals surface area contributed by atoms with E-state index >= 15 is 0 Å². The van der Waals surface area contributed by atoms with E-state index < -0.39 is 0 Å². The van der Waals surface area contributed by atoms with Gasteiger partial charge in [-0.05, 0) is 43.5 Å². The Morgan fingerprint density at radius 2 is 2.24 bits per heavy atom. The molecule has 1 aliphatic rings. The van der Waals surface area contributed by atoms with Crippen molar-refractivity contribution in [2.75, 3.05) is 0 Å². The standard InChI is InChI=1S/C13H15BrClNO/c1-8-7-9(5-6-11(8)15)13(17)16-12-4-2-3-10(12)14/h5-7,10,12H,2-4H2,1H3,(H,16,17). The van der Waals surface area contributed by atoms with Gasteiger partial charge in [-0.1, -0.05) is 34.0 Å². The minimum absolute atomic E-state index is 0.0129. The number of rotatable bonds is 2. The minimum Gasteiger partial charge on any atom is -0.348 e. The second-order valence-corrected chi connectivity index (χ2v) is 6.07. The lowest BCUT2D eigenvalue weighted by Gasteiger charge is -2.16. The number of amides is 1. The Balaban J connectivity index is 2.06. The van der Waals surface area contributed by atoms with Crippen molar-refractivity contribution >= 4 is 33.4 Å². The highest BCUT2D eigenvalue weighted by Crippen LogP contribution is 2.26. The number of alkyl halides is 1. The van der Waals surface area contributed by atoms with Crippen molar-refractivity contribution in [2.45, 2.75) is 37.1 Å². The highest BCUT2D eigenvalue weighted by atomic mass is 79.9. The Kier molecular flexibility index (Phi) is 4.10. The third-order valence-electron chi connectivity index (χ3n) is 3.17. The van der Waals surface area contributed by atoms with Gasteiger partial charge in [0.15, 0.2) is 0 Å². The molecule has 92 valence electrons. The van der Waals surface area contributed by atoms with Crippen molar-refractivity contribution < 1.29 is 4.79 Å². The maximum absolute atomic E-state index is 12.0. The van der Waals surface area contributed by atoms with E-state index in [1.54, 1.807) is 12.1 Å². The number of hydrogen-bond donors (Lipinski definition) is 1. The molecule has 0 heterocycles. The predicted octanol–water partition coefficient (Wildman–Crippen LogP) is 3.69. The van der Waals surface area contributed by atoms with Gasteiger partial charge in [0.05, 0.1) is 0 Å². The van der Waals surface area contributed by atoms with Gasteiger partial charge in [0.25, 0.3) is 5.91 Å². The zero-order valence-electron chi connectivity index (χ0n) is 9.67. The van der Waals surface area contributed by atoms with Crippen molar-refractivity contribution in [2.24, 2.45) is 0 Å². The lowest BCUT2D eigenvalue weighted by Crippen LogP contribution is -2.37. The van der Waals surface area contributed by atoms with Gasteiger partial charge >= 0.3 is 0 Å². The fourth-order valence-electron chi connectivity index (χ4n) is 2.12. The second-order valence-electron chi connectivity index (χ2n) is 4.49. The summed E-state index contributed by atoms with van der Waals surface area (Å²) in [6.07, 6.45) is 3.35. The molecule has 1 N–H and O–H groups in total. The summed E-state index contributed by atoms with van der Waals surface area (Å²) in [5.74, 6) is -0.0129. The van der Waals surface area contributed by atoms with Crippen molar-refractivity contribution in [3.8, 4) is 0 Å². The Morgan fingerprint density at radius 1 is 1.47 bits per heavy atom. The van der Waals surface area contributed by atoms with Crippen LogP contribution in [0.25, 0.3) is 0 Å². The molecule has 1 amide bonds. The van der Waals surface area contributed by atoms with E-state index in [0.29, 0.717) is 15.4 Å². The SMILES string of the molecule is Cc1cc(C(=O)NC2CCCC2Br)ccc1Cl. The van der Waals surface area contributed by atoms with Crippen LogP contribution in [0.15, 0.2) is 18.2 Å². The summed E-state index contributed by atoms with van der Waals surface area (Å²) in [7, 11) is 0. The first-order chi connectivity index (χ1) is 8.08. The van der Waals surface area contributed by atoms with Gasteiger partial charge in [0.1, 0.15) is 0 Å². The van der Waals surface area contributed by atoms with Crippen molar-refractivity contribution in [3.05, 3.63) is 34.3 Å². The molecule has 0 bridgehead atoms. The molecule has 2 rings (SSSR count). The van der Waals surface area contributed by atoms with Crippen LogP contribution in [0.2, 0.25) is 5.02 Å². The quantitative estimate of drug-likeness (QED) is 0.828. The number of carbonyl (C=O) groups is 1. The molecule has 1 aliphatic carbocycles. The monoisotopic (exact) mass is 315 g/mol. The van der Waals surface area contributed by atoms with Gasteiger partial charge < -0.3 is 5.32 Å². The van der Waals surface area contributed by atoms with Crippen LogP contribution in [0, 0.1) is 6.92 Å². The molecule has 0 saturated heterocycles. The summed E-state index contributed by atoms with van der Waals surface area (Å²) in [5, 5.41) is 3.76. The average molecular weight is 317 g/mol. The van der Waals surface area contributed by atoms with Crippen LogP contribution < -0.4 is 5.32 Å². The maximum Gasteiger partial charge on any atom is 0.251 e. The molecular weight excluding hydrogens is 302 g/mol. The van der Waals surface area contributed by atoms with Gasteiger partial charge in [0.2, 0.25) is 0 Å². The summed E-state index contributed by atoms with van der Waals surface area (Å²) in [6, 6.07) is 5.61. The molecule has 2 unspecified atom stereocenters. The molecule has 0 radical (unpaired) electrons. The third kappa shape index (κ3) is 3.02.